The number of allylic oxidation sites excluding steroid dienone is 1. The maximum absolute atomic E-state index is 13.4. The predicted molar refractivity (Wildman–Crippen MR) is 66.6 cm³/mol. The molecule has 0 amide bonds. The van der Waals surface area contributed by atoms with Crippen molar-refractivity contribution in [1.29, 1.82) is 0 Å². The Balaban J connectivity index is 4.09. The number of alkyl halides is 2. The molecular formula is C9H13B3F2OS. The lowest BCUT2D eigenvalue weighted by molar-refractivity contribution is 0.143. The quantitative estimate of drug-likeness (QED) is 0.611. The van der Waals surface area contributed by atoms with Crippen molar-refractivity contribution in [3.63, 3.8) is 0 Å². The minimum absolute atomic E-state index is 0.124. The summed E-state index contributed by atoms with van der Waals surface area (Å²) < 4.78 is 37.6. The van der Waals surface area contributed by atoms with Gasteiger partial charge in [0.1, 0.15) is 23.5 Å². The van der Waals surface area contributed by atoms with Crippen LogP contribution in [0.25, 0.3) is 0 Å². The molecule has 0 bridgehead atoms. The molecule has 16 heavy (non-hydrogen) atoms. The summed E-state index contributed by atoms with van der Waals surface area (Å²) in [5.74, 6) is 0.172. The standard InChI is InChI=1S/C9H13B3F2OS/c1-3-7(2)16(15)6-4-5-8(10,13)9(11,12)14/h2-6H2,1H3. The molecule has 0 aliphatic carbocycles. The Kier molecular flexibility index (Phi) is 6.01. The lowest BCUT2D eigenvalue weighted by Crippen LogP contribution is -2.49. The average molecular weight is 240 g/mol. The average Bonchev–Trinajstić information content (AvgIpc) is 2.14. The van der Waals surface area contributed by atoms with E-state index in [0.717, 1.165) is 0 Å². The Morgan fingerprint density at radius 1 is 1.38 bits per heavy atom. The number of rotatable bonds is 7. The molecule has 0 saturated heterocycles. The summed E-state index contributed by atoms with van der Waals surface area (Å²) in [7, 11) is 13.2. The van der Waals surface area contributed by atoms with Gasteiger partial charge in [0.05, 0.1) is 11.0 Å². The molecule has 84 valence electrons. The van der Waals surface area contributed by atoms with Gasteiger partial charge in [-0.05, 0) is 19.3 Å². The van der Waals surface area contributed by atoms with Crippen LogP contribution in [-0.2, 0) is 10.8 Å². The Bertz CT molecular complexity index is 276. The van der Waals surface area contributed by atoms with Crippen LogP contribution < -0.4 is 0 Å². The zero-order valence-corrected chi connectivity index (χ0v) is 10.2. The van der Waals surface area contributed by atoms with E-state index in [-0.39, 0.29) is 18.6 Å². The van der Waals surface area contributed by atoms with Gasteiger partial charge in [0.2, 0.25) is 0 Å². The maximum atomic E-state index is 13.4. The molecule has 1 nitrogen and oxygen atoms in total. The molecule has 0 saturated carbocycles. The normalized spacial score (nSPS) is 17.7. The highest BCUT2D eigenvalue weighted by molar-refractivity contribution is 7.88. The number of halogens is 2. The molecule has 0 rings (SSSR count). The van der Waals surface area contributed by atoms with E-state index in [1.54, 1.807) is 0 Å². The minimum Gasteiger partial charge on any atom is -0.263 e. The molecule has 0 aromatic rings. The van der Waals surface area contributed by atoms with Gasteiger partial charge in [-0.2, -0.15) is 0 Å². The number of hydrogen-bond donors (Lipinski definition) is 0. The van der Waals surface area contributed by atoms with Crippen LogP contribution in [-0.4, -0.2) is 44.5 Å². The summed E-state index contributed by atoms with van der Waals surface area (Å²) in [6, 6.07) is 0. The van der Waals surface area contributed by atoms with Crippen LogP contribution in [0.4, 0.5) is 8.78 Å². The smallest absolute Gasteiger partial charge is 0.123 e. The second-order valence-corrected chi connectivity index (χ2v) is 5.35. The molecule has 2 atom stereocenters. The van der Waals surface area contributed by atoms with Gasteiger partial charge < -0.3 is 0 Å². The largest absolute Gasteiger partial charge is 0.263 e. The van der Waals surface area contributed by atoms with Crippen LogP contribution in [0.2, 0.25) is 0 Å². The van der Waals surface area contributed by atoms with Gasteiger partial charge in [-0.1, -0.05) is 13.5 Å². The molecule has 0 N–H and O–H groups in total. The molecule has 0 fully saturated rings. The van der Waals surface area contributed by atoms with Crippen molar-refractivity contribution < 1.29 is 13.0 Å². The van der Waals surface area contributed by atoms with Crippen LogP contribution in [0.15, 0.2) is 11.5 Å². The first kappa shape index (κ1) is 15.9. The summed E-state index contributed by atoms with van der Waals surface area (Å²) in [4.78, 5) is 0.563. The van der Waals surface area contributed by atoms with E-state index in [1.807, 2.05) is 6.92 Å². The molecule has 0 aliphatic heterocycles. The highest BCUT2D eigenvalue weighted by Gasteiger charge is 2.39. The van der Waals surface area contributed by atoms with E-state index >= 15 is 0 Å². The van der Waals surface area contributed by atoms with Crippen molar-refractivity contribution in [2.75, 3.05) is 5.75 Å². The fraction of sp³-hybridized carbons (Fsp3) is 0.778. The third kappa shape index (κ3) is 4.85. The lowest BCUT2D eigenvalue weighted by Gasteiger charge is -2.32. The summed E-state index contributed by atoms with van der Waals surface area (Å²) in [6.45, 7) is 5.40. The van der Waals surface area contributed by atoms with Crippen molar-refractivity contribution >= 4 is 34.3 Å². The van der Waals surface area contributed by atoms with E-state index < -0.39 is 21.8 Å². The zero-order chi connectivity index (χ0) is 13.0. The monoisotopic (exact) mass is 240 g/mol. The van der Waals surface area contributed by atoms with Gasteiger partial charge in [0.15, 0.2) is 0 Å². The number of hydrogen-bond acceptors (Lipinski definition) is 1. The molecule has 0 spiro atoms. The molecule has 0 aromatic carbocycles. The second kappa shape index (κ2) is 6.03. The molecule has 7 heteroatoms. The van der Waals surface area contributed by atoms with E-state index in [0.29, 0.717) is 11.3 Å². The van der Waals surface area contributed by atoms with Gasteiger partial charge in [-0.25, -0.2) is 0 Å². The van der Waals surface area contributed by atoms with Gasteiger partial charge in [0.25, 0.3) is 0 Å². The summed E-state index contributed by atoms with van der Waals surface area (Å²) in [6.07, 6.45) is 0.314. The SMILES string of the molecule is [B]C([B])(F)C([B])(F)CCCS(=O)C(=C)CC. The first-order valence-corrected chi connectivity index (χ1v) is 6.24. The fourth-order valence-electron chi connectivity index (χ4n) is 0.957. The molecule has 2 unspecified atom stereocenters. The molecule has 0 aliphatic rings. The zero-order valence-electron chi connectivity index (χ0n) is 9.34. The summed E-state index contributed by atoms with van der Waals surface area (Å²) >= 11 is 0. The highest BCUT2D eigenvalue weighted by Crippen LogP contribution is 2.27. The van der Waals surface area contributed by atoms with Crippen molar-refractivity contribution in [3.8, 4) is 0 Å². The van der Waals surface area contributed by atoms with Crippen LogP contribution in [0.3, 0.4) is 0 Å². The van der Waals surface area contributed by atoms with Gasteiger partial charge in [-0.3, -0.25) is 13.0 Å². The molecule has 0 heterocycles. The highest BCUT2D eigenvalue weighted by atomic mass is 32.2. The van der Waals surface area contributed by atoms with Crippen molar-refractivity contribution in [2.45, 2.75) is 37.2 Å². The van der Waals surface area contributed by atoms with E-state index in [1.165, 1.54) is 0 Å². The summed E-state index contributed by atoms with van der Waals surface area (Å²) in [5.41, 5.74) is -5.90. The predicted octanol–water partition coefficient (Wildman–Crippen LogP) is 1.23. The first-order chi connectivity index (χ1) is 7.12. The van der Waals surface area contributed by atoms with Gasteiger partial charge >= 0.3 is 0 Å². The van der Waals surface area contributed by atoms with Crippen LogP contribution in [0.5, 0.6) is 0 Å². The van der Waals surface area contributed by atoms with E-state index in [9.17, 15) is 13.0 Å². The van der Waals surface area contributed by atoms with E-state index in [2.05, 4.69) is 6.58 Å². The lowest BCUT2D eigenvalue weighted by atomic mass is 9.50. The van der Waals surface area contributed by atoms with Crippen LogP contribution in [0.1, 0.15) is 26.2 Å². The third-order valence-electron chi connectivity index (χ3n) is 2.22. The first-order valence-electron chi connectivity index (χ1n) is 4.92. The Morgan fingerprint density at radius 3 is 2.25 bits per heavy atom. The minimum atomic E-state index is -3.09. The Labute approximate surface area is 102 Å². The Morgan fingerprint density at radius 2 is 1.88 bits per heavy atom. The molecular weight excluding hydrogens is 227 g/mol. The summed E-state index contributed by atoms with van der Waals surface area (Å²) in [5, 5.41) is 0. The van der Waals surface area contributed by atoms with Gasteiger partial charge in [0, 0.05) is 21.5 Å². The topological polar surface area (TPSA) is 17.1 Å². The third-order valence-corrected chi connectivity index (χ3v) is 3.82. The van der Waals surface area contributed by atoms with Crippen LogP contribution >= 0.6 is 0 Å². The van der Waals surface area contributed by atoms with Crippen molar-refractivity contribution in [1.82, 2.24) is 0 Å². The second-order valence-electron chi connectivity index (χ2n) is 3.68. The maximum Gasteiger partial charge on any atom is 0.123 e. The van der Waals surface area contributed by atoms with Crippen molar-refractivity contribution in [2.24, 2.45) is 0 Å². The van der Waals surface area contributed by atoms with Gasteiger partial charge in [-0.15, -0.1) is 0 Å². The van der Waals surface area contributed by atoms with Crippen LogP contribution in [0, 0.1) is 0 Å². The van der Waals surface area contributed by atoms with E-state index in [4.69, 9.17) is 23.5 Å². The molecule has 6 radical (unpaired) electrons. The van der Waals surface area contributed by atoms with Crippen molar-refractivity contribution in [3.05, 3.63) is 11.5 Å². The Hall–Kier alpha value is -0.0552. The fourth-order valence-corrected chi connectivity index (χ4v) is 1.97. The molecule has 0 aromatic heterocycles.